The highest BCUT2D eigenvalue weighted by Gasteiger charge is 2.75. The number of nitro groups is 1. The van der Waals surface area contributed by atoms with E-state index in [4.69, 9.17) is 27.9 Å². The number of halogens is 2. The monoisotopic (exact) mass is 613 g/mol. The van der Waals surface area contributed by atoms with Crippen LogP contribution in [0.5, 0.6) is 11.5 Å². The van der Waals surface area contributed by atoms with Gasteiger partial charge in [0, 0.05) is 25.1 Å². The van der Waals surface area contributed by atoms with Crippen molar-refractivity contribution in [3.63, 3.8) is 0 Å². The van der Waals surface area contributed by atoms with Gasteiger partial charge in [-0.15, -0.1) is 23.2 Å². The van der Waals surface area contributed by atoms with E-state index in [1.807, 2.05) is 0 Å². The summed E-state index contributed by atoms with van der Waals surface area (Å²) < 4.78 is 5.57. The molecule has 2 aromatic carbocycles. The molecular formula is C29H25Cl2N3O8. The summed E-state index contributed by atoms with van der Waals surface area (Å²) in [6, 6.07) is 9.63. The third-order valence-electron chi connectivity index (χ3n) is 8.95. The van der Waals surface area contributed by atoms with E-state index in [0.29, 0.717) is 11.1 Å². The molecule has 0 bridgehead atoms. The number of hydrogen-bond donors (Lipinski definition) is 1. The largest absolute Gasteiger partial charge is 0.504 e. The fourth-order valence-electron chi connectivity index (χ4n) is 7.08. The molecule has 0 aromatic heterocycles. The molecule has 2 saturated heterocycles. The molecule has 4 amide bonds. The van der Waals surface area contributed by atoms with Gasteiger partial charge in [-0.2, -0.15) is 0 Å². The number of carbonyl (C=O) groups excluding carboxylic acids is 4. The number of aromatic hydroxyl groups is 1. The van der Waals surface area contributed by atoms with Crippen LogP contribution < -0.4 is 9.64 Å². The van der Waals surface area contributed by atoms with Crippen molar-refractivity contribution in [3.8, 4) is 11.5 Å². The summed E-state index contributed by atoms with van der Waals surface area (Å²) in [6.45, 7) is 1.99. The van der Waals surface area contributed by atoms with E-state index in [9.17, 15) is 34.4 Å². The Labute approximate surface area is 249 Å². The first kappa shape index (κ1) is 28.2. The van der Waals surface area contributed by atoms with Crippen LogP contribution in [-0.4, -0.2) is 62.0 Å². The number of likely N-dealkylation sites (tertiary alicyclic amines) is 1. The molecule has 2 aliphatic carbocycles. The van der Waals surface area contributed by atoms with Crippen LogP contribution in [0.2, 0.25) is 0 Å². The van der Waals surface area contributed by atoms with Gasteiger partial charge in [-0.3, -0.25) is 39.1 Å². The minimum Gasteiger partial charge on any atom is -0.504 e. The predicted molar refractivity (Wildman–Crippen MR) is 150 cm³/mol. The number of carbonyl (C=O) groups is 4. The van der Waals surface area contributed by atoms with Gasteiger partial charge in [-0.05, 0) is 55.5 Å². The van der Waals surface area contributed by atoms with Crippen molar-refractivity contribution >= 4 is 58.2 Å². The lowest BCUT2D eigenvalue weighted by Gasteiger charge is -2.50. The molecule has 42 heavy (non-hydrogen) atoms. The quantitative estimate of drug-likeness (QED) is 0.176. The maximum Gasteiger partial charge on any atom is 0.269 e. The van der Waals surface area contributed by atoms with Crippen LogP contribution >= 0.6 is 23.2 Å². The number of anilines is 1. The summed E-state index contributed by atoms with van der Waals surface area (Å²) in [5.74, 6) is -5.78. The van der Waals surface area contributed by atoms with Gasteiger partial charge in [0.05, 0.1) is 29.1 Å². The van der Waals surface area contributed by atoms with E-state index in [2.05, 4.69) is 0 Å². The molecule has 4 aliphatic rings. The molecule has 11 nitrogen and oxygen atoms in total. The van der Waals surface area contributed by atoms with Crippen LogP contribution in [0, 0.1) is 27.9 Å². The third kappa shape index (κ3) is 3.59. The van der Waals surface area contributed by atoms with Crippen molar-refractivity contribution in [2.45, 2.75) is 35.4 Å². The molecule has 0 unspecified atom stereocenters. The van der Waals surface area contributed by atoms with E-state index in [1.165, 1.54) is 37.4 Å². The van der Waals surface area contributed by atoms with Crippen molar-refractivity contribution in [1.29, 1.82) is 0 Å². The first-order valence-corrected chi connectivity index (χ1v) is 14.1. The molecule has 13 heteroatoms. The second kappa shape index (κ2) is 9.53. The summed E-state index contributed by atoms with van der Waals surface area (Å²) >= 11 is 14.3. The lowest BCUT2D eigenvalue weighted by atomic mass is 9.56. The Morgan fingerprint density at radius 2 is 1.74 bits per heavy atom. The lowest BCUT2D eigenvalue weighted by molar-refractivity contribution is -0.384. The van der Waals surface area contributed by atoms with Gasteiger partial charge >= 0.3 is 0 Å². The van der Waals surface area contributed by atoms with E-state index < -0.39 is 62.0 Å². The Hall–Kier alpha value is -3.96. The molecule has 0 spiro atoms. The Balaban J connectivity index is 1.48. The number of hydrogen-bond acceptors (Lipinski definition) is 8. The number of benzene rings is 2. The van der Waals surface area contributed by atoms with Crippen LogP contribution in [0.25, 0.3) is 0 Å². The topological polar surface area (TPSA) is 147 Å². The molecule has 6 atom stereocenters. The number of nitro benzene ring substituents is 1. The molecule has 2 aliphatic heterocycles. The Bertz CT molecular complexity index is 1610. The zero-order valence-electron chi connectivity index (χ0n) is 22.5. The van der Waals surface area contributed by atoms with Gasteiger partial charge in [0.15, 0.2) is 21.2 Å². The fraction of sp³-hybridized carbons (Fsp3) is 0.379. The Morgan fingerprint density at radius 1 is 1.05 bits per heavy atom. The van der Waals surface area contributed by atoms with Gasteiger partial charge in [0.25, 0.3) is 17.5 Å². The number of nitrogens with zero attached hydrogens (tertiary/aromatic N) is 3. The summed E-state index contributed by atoms with van der Waals surface area (Å²) in [5, 5.41) is 21.5. The number of phenols is 1. The van der Waals surface area contributed by atoms with Gasteiger partial charge < -0.3 is 9.84 Å². The fourth-order valence-corrected chi connectivity index (χ4v) is 8.10. The SMILES string of the molecule is CCOc1cc([C@H]2C3=CC[C@@H]4C(=O)N(c5ccc([N+](=O)[O-])cc5)C(=O)[C@@H]4[C@@H]3C[C@@]3(Cl)C(=O)N(C)C(=O)[C@@]23Cl)ccc1O. The first-order chi connectivity index (χ1) is 19.9. The molecule has 1 saturated carbocycles. The number of amides is 4. The average Bonchev–Trinajstić information content (AvgIpc) is 3.29. The zero-order chi connectivity index (χ0) is 30.3. The number of rotatable bonds is 5. The highest BCUT2D eigenvalue weighted by atomic mass is 35.5. The third-order valence-corrected chi connectivity index (χ3v) is 10.4. The van der Waals surface area contributed by atoms with Crippen molar-refractivity contribution in [3.05, 3.63) is 69.8 Å². The van der Waals surface area contributed by atoms with Crippen LogP contribution in [-0.2, 0) is 19.2 Å². The predicted octanol–water partition coefficient (Wildman–Crippen LogP) is 3.89. The van der Waals surface area contributed by atoms with Crippen molar-refractivity contribution in [2.24, 2.45) is 17.8 Å². The van der Waals surface area contributed by atoms with Crippen LogP contribution in [0.4, 0.5) is 11.4 Å². The molecule has 1 N–H and O–H groups in total. The van der Waals surface area contributed by atoms with Gasteiger partial charge in [0.2, 0.25) is 11.8 Å². The van der Waals surface area contributed by atoms with Gasteiger partial charge in [-0.25, -0.2) is 0 Å². The minimum absolute atomic E-state index is 0.132. The van der Waals surface area contributed by atoms with E-state index in [1.54, 1.807) is 25.1 Å². The number of ether oxygens (including phenoxy) is 1. The molecule has 2 aromatic rings. The van der Waals surface area contributed by atoms with Crippen LogP contribution in [0.3, 0.4) is 0 Å². The maximum absolute atomic E-state index is 14.0. The highest BCUT2D eigenvalue weighted by molar-refractivity contribution is 6.53. The molecular weight excluding hydrogens is 589 g/mol. The molecule has 218 valence electrons. The molecule has 0 radical (unpaired) electrons. The Kier molecular flexibility index (Phi) is 6.39. The number of alkyl halides is 2. The lowest BCUT2D eigenvalue weighted by Crippen LogP contribution is -2.60. The van der Waals surface area contributed by atoms with E-state index in [0.717, 1.165) is 9.80 Å². The van der Waals surface area contributed by atoms with Crippen molar-refractivity contribution < 1.29 is 33.9 Å². The standard InChI is InChI=1S/C29H25Cl2N3O8/c1-3-42-21-12-14(4-11-20(21)35)23-17-9-10-18-22(19(17)13-28(30)26(38)32(2)27(39)29(23,28)31)25(37)33(24(18)36)15-5-7-16(8-6-15)34(40)41/h4-9,11-12,18-19,22-23,35H,3,10,13H2,1-2H3/t18-,19+,22-,23-,28+,29-/m0/s1. The second-order valence-electron chi connectivity index (χ2n) is 10.9. The average molecular weight is 614 g/mol. The highest BCUT2D eigenvalue weighted by Crippen LogP contribution is 2.65. The summed E-state index contributed by atoms with van der Waals surface area (Å²) in [5.41, 5.74) is 1.05. The molecule has 2 heterocycles. The summed E-state index contributed by atoms with van der Waals surface area (Å²) in [7, 11) is 1.30. The normalized spacial score (nSPS) is 32.0. The molecule has 6 rings (SSSR count). The van der Waals surface area contributed by atoms with Gasteiger partial charge in [0.1, 0.15) is 0 Å². The zero-order valence-corrected chi connectivity index (χ0v) is 24.0. The first-order valence-electron chi connectivity index (χ1n) is 13.3. The summed E-state index contributed by atoms with van der Waals surface area (Å²) in [4.78, 5) is 63.4. The van der Waals surface area contributed by atoms with E-state index in [-0.39, 0.29) is 42.3 Å². The number of allylic oxidation sites excluding steroid dienone is 2. The summed E-state index contributed by atoms with van der Waals surface area (Å²) in [6.07, 6.45) is 1.79. The number of phenolic OH excluding ortho intramolecular Hbond substituents is 1. The van der Waals surface area contributed by atoms with E-state index >= 15 is 0 Å². The van der Waals surface area contributed by atoms with Crippen LogP contribution in [0.15, 0.2) is 54.1 Å². The maximum atomic E-state index is 14.0. The second-order valence-corrected chi connectivity index (χ2v) is 12.2. The number of imide groups is 2. The number of fused-ring (bicyclic) bond motifs is 4. The van der Waals surface area contributed by atoms with Gasteiger partial charge in [-0.1, -0.05) is 17.7 Å². The van der Waals surface area contributed by atoms with Crippen LogP contribution in [0.1, 0.15) is 31.2 Å². The van der Waals surface area contributed by atoms with Crippen molar-refractivity contribution in [1.82, 2.24) is 4.90 Å². The molecule has 3 fully saturated rings. The Morgan fingerprint density at radius 3 is 2.38 bits per heavy atom. The minimum atomic E-state index is -1.96. The number of non-ortho nitro benzene ring substituents is 1. The smallest absolute Gasteiger partial charge is 0.269 e. The van der Waals surface area contributed by atoms with Crippen molar-refractivity contribution in [2.75, 3.05) is 18.6 Å².